The molecule has 0 spiro atoms. The van der Waals surface area contributed by atoms with Crippen LogP contribution in [-0.4, -0.2) is 48.9 Å². The van der Waals surface area contributed by atoms with E-state index in [4.69, 9.17) is 4.99 Å². The fraction of sp³-hybridized carbons (Fsp3) is 0.435. The van der Waals surface area contributed by atoms with E-state index < -0.39 is 0 Å². The molecule has 0 aromatic heterocycles. The second-order valence-electron chi connectivity index (χ2n) is 6.19. The van der Waals surface area contributed by atoms with Crippen LogP contribution >= 0.6 is 0 Å². The lowest BCUT2D eigenvalue weighted by Gasteiger charge is -2.35. The van der Waals surface area contributed by atoms with Crippen molar-refractivity contribution in [2.45, 2.75) is 34.1 Å². The third kappa shape index (κ3) is 4.53. The molecule has 3 nitrogen and oxygen atoms in total. The molecule has 2 heterocycles. The second-order valence-corrected chi connectivity index (χ2v) is 6.19. The van der Waals surface area contributed by atoms with E-state index >= 15 is 0 Å². The number of hydrogen-bond donors (Lipinski definition) is 0. The number of piperazine rings is 1. The van der Waals surface area contributed by atoms with Crippen LogP contribution in [0.3, 0.4) is 0 Å². The van der Waals surface area contributed by atoms with Crippen LogP contribution in [0.25, 0.3) is 0 Å². The quantitative estimate of drug-likeness (QED) is 0.667. The summed E-state index contributed by atoms with van der Waals surface area (Å²) in [7, 11) is 2.19. The standard InChI is InChI=1S/C19H21N3.2C2H6/c1-21-10-12-22(13-11-21)19-17-8-4-2-6-15(17)14-16-7-3-5-9-18(16)20-19;2*1-2/h2-9H,10-14H2,1H3;2*1-2H3. The van der Waals surface area contributed by atoms with Crippen molar-refractivity contribution in [1.82, 2.24) is 9.80 Å². The largest absolute Gasteiger partial charge is 0.354 e. The first kappa shape index (κ1) is 20.2. The highest BCUT2D eigenvalue weighted by atomic mass is 15.3. The molecular weight excluding hydrogens is 318 g/mol. The number of rotatable bonds is 0. The van der Waals surface area contributed by atoms with Crippen molar-refractivity contribution in [3.63, 3.8) is 0 Å². The Hall–Kier alpha value is -2.13. The number of para-hydroxylation sites is 1. The highest BCUT2D eigenvalue weighted by Gasteiger charge is 2.23. The first-order valence-electron chi connectivity index (χ1n) is 9.99. The maximum absolute atomic E-state index is 5.05. The molecule has 0 aliphatic carbocycles. The Balaban J connectivity index is 0.000000570. The van der Waals surface area contributed by atoms with Gasteiger partial charge in [0, 0.05) is 38.2 Å². The van der Waals surface area contributed by atoms with Crippen molar-refractivity contribution >= 4 is 11.5 Å². The van der Waals surface area contributed by atoms with Crippen molar-refractivity contribution in [1.29, 1.82) is 0 Å². The maximum atomic E-state index is 5.05. The Morgan fingerprint density at radius 2 is 1.31 bits per heavy atom. The average molecular weight is 352 g/mol. The lowest BCUT2D eigenvalue weighted by Crippen LogP contribution is -2.47. The lowest BCUT2D eigenvalue weighted by atomic mass is 9.99. The van der Waals surface area contributed by atoms with Crippen molar-refractivity contribution in [3.05, 3.63) is 65.2 Å². The van der Waals surface area contributed by atoms with Gasteiger partial charge in [-0.2, -0.15) is 0 Å². The number of hydrogen-bond acceptors (Lipinski definition) is 3. The molecule has 2 aliphatic rings. The zero-order valence-corrected chi connectivity index (χ0v) is 17.0. The minimum atomic E-state index is 0.965. The van der Waals surface area contributed by atoms with Crippen LogP contribution in [0.2, 0.25) is 0 Å². The zero-order chi connectivity index (χ0) is 18.9. The highest BCUT2D eigenvalue weighted by Crippen LogP contribution is 2.29. The van der Waals surface area contributed by atoms with Crippen LogP contribution in [0.5, 0.6) is 0 Å². The zero-order valence-electron chi connectivity index (χ0n) is 17.0. The summed E-state index contributed by atoms with van der Waals surface area (Å²) in [5.41, 5.74) is 5.11. The van der Waals surface area contributed by atoms with Crippen LogP contribution in [0, 0.1) is 0 Å². The molecule has 140 valence electrons. The summed E-state index contributed by atoms with van der Waals surface area (Å²) >= 11 is 0. The topological polar surface area (TPSA) is 18.8 Å². The summed E-state index contributed by atoms with van der Waals surface area (Å²) < 4.78 is 0. The Morgan fingerprint density at radius 1 is 0.731 bits per heavy atom. The van der Waals surface area contributed by atoms with Gasteiger partial charge >= 0.3 is 0 Å². The molecule has 4 rings (SSSR count). The number of fused-ring (bicyclic) bond motifs is 2. The molecule has 0 radical (unpaired) electrons. The Kier molecular flexibility index (Phi) is 7.86. The van der Waals surface area contributed by atoms with Gasteiger partial charge in [0.15, 0.2) is 0 Å². The van der Waals surface area contributed by atoms with Gasteiger partial charge in [0.25, 0.3) is 0 Å². The normalized spacial score (nSPS) is 15.9. The molecule has 2 aromatic rings. The molecule has 0 saturated carbocycles. The molecule has 1 saturated heterocycles. The van der Waals surface area contributed by atoms with Crippen LogP contribution in [0.4, 0.5) is 5.69 Å². The van der Waals surface area contributed by atoms with E-state index in [9.17, 15) is 0 Å². The minimum Gasteiger partial charge on any atom is -0.354 e. The minimum absolute atomic E-state index is 0.965. The van der Waals surface area contributed by atoms with Gasteiger partial charge in [0.2, 0.25) is 0 Å². The fourth-order valence-electron chi connectivity index (χ4n) is 3.30. The van der Waals surface area contributed by atoms with Gasteiger partial charge in [-0.1, -0.05) is 70.2 Å². The van der Waals surface area contributed by atoms with Gasteiger partial charge in [-0.05, 0) is 24.2 Å². The average Bonchev–Trinajstić information content (AvgIpc) is 2.88. The van der Waals surface area contributed by atoms with E-state index in [-0.39, 0.29) is 0 Å². The van der Waals surface area contributed by atoms with E-state index in [1.165, 1.54) is 16.7 Å². The van der Waals surface area contributed by atoms with Crippen LogP contribution in [0.15, 0.2) is 53.5 Å². The van der Waals surface area contributed by atoms with Crippen LogP contribution in [0.1, 0.15) is 44.4 Å². The molecular formula is C23H33N3. The predicted molar refractivity (Wildman–Crippen MR) is 114 cm³/mol. The Bertz CT molecular complexity index is 713. The number of likely N-dealkylation sites (N-methyl/N-ethyl adjacent to an activating group) is 1. The summed E-state index contributed by atoms with van der Waals surface area (Å²) in [6, 6.07) is 17.2. The van der Waals surface area contributed by atoms with Gasteiger partial charge in [0.1, 0.15) is 5.84 Å². The third-order valence-corrected chi connectivity index (χ3v) is 4.66. The van der Waals surface area contributed by atoms with Gasteiger partial charge in [-0.3, -0.25) is 0 Å². The molecule has 26 heavy (non-hydrogen) atoms. The molecule has 0 amide bonds. The molecule has 3 heteroatoms. The predicted octanol–water partition coefficient (Wildman–Crippen LogP) is 4.97. The van der Waals surface area contributed by atoms with Crippen LogP contribution in [-0.2, 0) is 6.42 Å². The van der Waals surface area contributed by atoms with Crippen molar-refractivity contribution < 1.29 is 0 Å². The summed E-state index contributed by atoms with van der Waals surface area (Å²) in [4.78, 5) is 9.88. The van der Waals surface area contributed by atoms with Gasteiger partial charge in [-0.25, -0.2) is 4.99 Å². The summed E-state index contributed by atoms with van der Waals surface area (Å²) in [5.74, 6) is 1.15. The molecule has 2 aromatic carbocycles. The number of benzene rings is 2. The number of aliphatic imine (C=N–C) groups is 1. The summed E-state index contributed by atoms with van der Waals surface area (Å²) in [6.45, 7) is 12.3. The van der Waals surface area contributed by atoms with Gasteiger partial charge < -0.3 is 9.80 Å². The second kappa shape index (κ2) is 10.1. The SMILES string of the molecule is CC.CC.CN1CCN(C2=Nc3ccccc3Cc3ccccc32)CC1. The van der Waals surface area contributed by atoms with Crippen molar-refractivity contribution in [2.24, 2.45) is 4.99 Å². The molecule has 0 N–H and O–H groups in total. The van der Waals surface area contributed by atoms with Gasteiger partial charge in [-0.15, -0.1) is 0 Å². The third-order valence-electron chi connectivity index (χ3n) is 4.66. The summed E-state index contributed by atoms with van der Waals surface area (Å²) in [5, 5.41) is 0. The van der Waals surface area contributed by atoms with Gasteiger partial charge in [0.05, 0.1) is 5.69 Å². The van der Waals surface area contributed by atoms with E-state index in [1.807, 2.05) is 27.7 Å². The maximum Gasteiger partial charge on any atom is 0.136 e. The van der Waals surface area contributed by atoms with E-state index in [0.29, 0.717) is 0 Å². The van der Waals surface area contributed by atoms with Crippen LogP contribution < -0.4 is 0 Å². The number of amidine groups is 1. The number of nitrogens with zero attached hydrogens (tertiary/aromatic N) is 3. The Labute approximate surface area is 159 Å². The molecule has 0 bridgehead atoms. The molecule has 0 unspecified atom stereocenters. The smallest absolute Gasteiger partial charge is 0.136 e. The highest BCUT2D eigenvalue weighted by molar-refractivity contribution is 6.02. The van der Waals surface area contributed by atoms with E-state index in [0.717, 1.165) is 44.1 Å². The van der Waals surface area contributed by atoms with Crippen molar-refractivity contribution in [2.75, 3.05) is 33.2 Å². The monoisotopic (exact) mass is 351 g/mol. The molecule has 2 aliphatic heterocycles. The van der Waals surface area contributed by atoms with E-state index in [2.05, 4.69) is 65.4 Å². The first-order valence-corrected chi connectivity index (χ1v) is 9.99. The summed E-state index contributed by atoms with van der Waals surface area (Å²) in [6.07, 6.45) is 0.965. The van der Waals surface area contributed by atoms with Crippen molar-refractivity contribution in [3.8, 4) is 0 Å². The lowest BCUT2D eigenvalue weighted by molar-refractivity contribution is 0.216. The van der Waals surface area contributed by atoms with E-state index in [1.54, 1.807) is 0 Å². The molecule has 1 fully saturated rings. The molecule has 0 atom stereocenters. The Morgan fingerprint density at radius 3 is 2.00 bits per heavy atom. The first-order chi connectivity index (χ1) is 12.8. The fourth-order valence-corrected chi connectivity index (χ4v) is 3.30.